The van der Waals surface area contributed by atoms with Gasteiger partial charge < -0.3 is 4.90 Å². The van der Waals surface area contributed by atoms with Crippen LogP contribution in [0.25, 0.3) is 10.8 Å². The Bertz CT molecular complexity index is 553. The minimum absolute atomic E-state index is 0.502. The Kier molecular flexibility index (Phi) is 3.06. The molecule has 0 N–H and O–H groups in total. The average molecular weight is 237 g/mol. The number of nitrogens with zero attached hydrogens (tertiary/aromatic N) is 1. The smallest absolute Gasteiger partial charge is 0.0542 e. The van der Waals surface area contributed by atoms with Crippen LogP contribution in [0, 0.1) is 0 Å². The molecule has 0 spiro atoms. The van der Waals surface area contributed by atoms with Crippen LogP contribution in [0.4, 0.5) is 0 Å². The van der Waals surface area contributed by atoms with Gasteiger partial charge in [0.05, 0.1) is 6.04 Å². The van der Waals surface area contributed by atoms with Crippen LogP contribution < -0.4 is 0 Å². The third-order valence-electron chi connectivity index (χ3n) is 3.96. The fourth-order valence-electron chi connectivity index (χ4n) is 3.05. The lowest BCUT2D eigenvalue weighted by Gasteiger charge is -2.35. The zero-order chi connectivity index (χ0) is 12.4. The van der Waals surface area contributed by atoms with Crippen molar-refractivity contribution >= 4 is 10.8 Å². The number of hydrogen-bond acceptors (Lipinski definition) is 1. The first-order valence-electron chi connectivity index (χ1n) is 6.76. The minimum Gasteiger partial charge on any atom is -0.371 e. The molecular formula is C17H19N. The van der Waals surface area contributed by atoms with E-state index in [0.717, 1.165) is 6.54 Å². The monoisotopic (exact) mass is 237 g/mol. The van der Waals surface area contributed by atoms with E-state index in [4.69, 9.17) is 0 Å². The molecular weight excluding hydrogens is 218 g/mol. The van der Waals surface area contributed by atoms with Crippen molar-refractivity contribution in [3.05, 3.63) is 60.8 Å². The van der Waals surface area contributed by atoms with Gasteiger partial charge in [-0.15, -0.1) is 0 Å². The van der Waals surface area contributed by atoms with Crippen molar-refractivity contribution in [3.63, 3.8) is 0 Å². The Morgan fingerprint density at radius 3 is 2.78 bits per heavy atom. The molecule has 1 heteroatoms. The summed E-state index contributed by atoms with van der Waals surface area (Å²) in [5.41, 5.74) is 1.45. The molecule has 0 saturated carbocycles. The summed E-state index contributed by atoms with van der Waals surface area (Å²) < 4.78 is 0. The highest BCUT2D eigenvalue weighted by atomic mass is 15.1. The molecule has 1 fully saturated rings. The molecule has 3 rings (SSSR count). The standard InChI is InChI=1S/C17H19N/c1-2-18-13-6-5-12-17(18)16-11-7-9-14-8-3-4-10-15(14)16/h2-4,7-11,17H,1,5-6,12-13H2. The quantitative estimate of drug-likeness (QED) is 0.742. The topological polar surface area (TPSA) is 3.24 Å². The lowest BCUT2D eigenvalue weighted by Crippen LogP contribution is -2.28. The number of hydrogen-bond donors (Lipinski definition) is 0. The molecule has 1 aliphatic heterocycles. The van der Waals surface area contributed by atoms with Crippen LogP contribution in [0.15, 0.2) is 55.2 Å². The molecule has 92 valence electrons. The second-order valence-electron chi connectivity index (χ2n) is 5.00. The van der Waals surface area contributed by atoms with Gasteiger partial charge in [0.2, 0.25) is 0 Å². The van der Waals surface area contributed by atoms with Gasteiger partial charge in [0, 0.05) is 6.54 Å². The normalized spacial score (nSPS) is 20.0. The van der Waals surface area contributed by atoms with Crippen molar-refractivity contribution < 1.29 is 0 Å². The van der Waals surface area contributed by atoms with E-state index >= 15 is 0 Å². The molecule has 0 aliphatic carbocycles. The number of fused-ring (bicyclic) bond motifs is 1. The van der Waals surface area contributed by atoms with Crippen molar-refractivity contribution in [3.8, 4) is 0 Å². The van der Waals surface area contributed by atoms with Crippen molar-refractivity contribution in [1.82, 2.24) is 4.90 Å². The zero-order valence-electron chi connectivity index (χ0n) is 10.7. The van der Waals surface area contributed by atoms with Gasteiger partial charge in [-0.2, -0.15) is 0 Å². The number of benzene rings is 2. The highest BCUT2D eigenvalue weighted by molar-refractivity contribution is 5.86. The lowest BCUT2D eigenvalue weighted by atomic mass is 9.92. The highest BCUT2D eigenvalue weighted by Crippen LogP contribution is 2.34. The van der Waals surface area contributed by atoms with Crippen LogP contribution in [-0.2, 0) is 0 Å². The van der Waals surface area contributed by atoms with E-state index in [0.29, 0.717) is 6.04 Å². The van der Waals surface area contributed by atoms with Gasteiger partial charge in [-0.05, 0) is 41.8 Å². The zero-order valence-corrected chi connectivity index (χ0v) is 10.7. The first kappa shape index (κ1) is 11.3. The van der Waals surface area contributed by atoms with Gasteiger partial charge >= 0.3 is 0 Å². The number of rotatable bonds is 2. The van der Waals surface area contributed by atoms with E-state index < -0.39 is 0 Å². The maximum Gasteiger partial charge on any atom is 0.0542 e. The SMILES string of the molecule is C=CN1CCCCC1c1cccc2ccccc12. The van der Waals surface area contributed by atoms with Crippen LogP contribution in [0.5, 0.6) is 0 Å². The summed E-state index contributed by atoms with van der Waals surface area (Å²) in [5.74, 6) is 0. The third-order valence-corrected chi connectivity index (χ3v) is 3.96. The second-order valence-corrected chi connectivity index (χ2v) is 5.00. The fraction of sp³-hybridized carbons (Fsp3) is 0.294. The van der Waals surface area contributed by atoms with Crippen LogP contribution in [0.3, 0.4) is 0 Å². The van der Waals surface area contributed by atoms with E-state index in [9.17, 15) is 0 Å². The van der Waals surface area contributed by atoms with E-state index in [2.05, 4.69) is 53.9 Å². The summed E-state index contributed by atoms with van der Waals surface area (Å²) in [4.78, 5) is 2.39. The van der Waals surface area contributed by atoms with E-state index in [1.807, 2.05) is 6.20 Å². The molecule has 1 heterocycles. The summed E-state index contributed by atoms with van der Waals surface area (Å²) in [6.07, 6.45) is 5.84. The molecule has 2 aromatic carbocycles. The predicted octanol–water partition coefficient (Wildman–Crippen LogP) is 4.51. The Morgan fingerprint density at radius 1 is 1.06 bits per heavy atom. The Hall–Kier alpha value is -1.76. The van der Waals surface area contributed by atoms with Gasteiger partial charge in [-0.25, -0.2) is 0 Å². The predicted molar refractivity (Wildman–Crippen MR) is 77.4 cm³/mol. The lowest BCUT2D eigenvalue weighted by molar-refractivity contribution is 0.218. The van der Waals surface area contributed by atoms with Crippen molar-refractivity contribution in [2.45, 2.75) is 25.3 Å². The van der Waals surface area contributed by atoms with Crippen LogP contribution in [-0.4, -0.2) is 11.4 Å². The maximum atomic E-state index is 3.97. The molecule has 0 amide bonds. The van der Waals surface area contributed by atoms with E-state index in [1.165, 1.54) is 35.6 Å². The molecule has 1 aliphatic rings. The van der Waals surface area contributed by atoms with Crippen LogP contribution >= 0.6 is 0 Å². The number of likely N-dealkylation sites (tertiary alicyclic amines) is 1. The summed E-state index contributed by atoms with van der Waals surface area (Å²) in [6.45, 7) is 5.10. The number of piperidine rings is 1. The van der Waals surface area contributed by atoms with Gasteiger partial charge in [0.25, 0.3) is 0 Å². The summed E-state index contributed by atoms with van der Waals surface area (Å²) >= 11 is 0. The van der Waals surface area contributed by atoms with Crippen molar-refractivity contribution in [1.29, 1.82) is 0 Å². The first-order chi connectivity index (χ1) is 8.90. The van der Waals surface area contributed by atoms with Crippen LogP contribution in [0.2, 0.25) is 0 Å². The van der Waals surface area contributed by atoms with Gasteiger partial charge in [0.1, 0.15) is 0 Å². The molecule has 18 heavy (non-hydrogen) atoms. The molecule has 1 unspecified atom stereocenters. The third kappa shape index (κ3) is 1.90. The summed E-state index contributed by atoms with van der Waals surface area (Å²) in [6, 6.07) is 15.8. The van der Waals surface area contributed by atoms with Gasteiger partial charge in [0.15, 0.2) is 0 Å². The van der Waals surface area contributed by atoms with Crippen molar-refractivity contribution in [2.75, 3.05) is 6.54 Å². The Labute approximate surface area is 109 Å². The van der Waals surface area contributed by atoms with Crippen LogP contribution in [0.1, 0.15) is 30.9 Å². The summed E-state index contributed by atoms with van der Waals surface area (Å²) in [5, 5.41) is 2.73. The Morgan fingerprint density at radius 2 is 1.89 bits per heavy atom. The minimum atomic E-state index is 0.502. The largest absolute Gasteiger partial charge is 0.371 e. The van der Waals surface area contributed by atoms with Gasteiger partial charge in [-0.1, -0.05) is 49.0 Å². The molecule has 1 nitrogen and oxygen atoms in total. The molecule has 2 aromatic rings. The summed E-state index contributed by atoms with van der Waals surface area (Å²) in [7, 11) is 0. The fourth-order valence-corrected chi connectivity index (χ4v) is 3.05. The van der Waals surface area contributed by atoms with E-state index in [1.54, 1.807) is 0 Å². The highest BCUT2D eigenvalue weighted by Gasteiger charge is 2.22. The molecule has 0 radical (unpaired) electrons. The van der Waals surface area contributed by atoms with Crippen molar-refractivity contribution in [2.24, 2.45) is 0 Å². The maximum absolute atomic E-state index is 3.97. The molecule has 0 bridgehead atoms. The molecule has 1 saturated heterocycles. The van der Waals surface area contributed by atoms with Gasteiger partial charge in [-0.3, -0.25) is 0 Å². The molecule has 1 atom stereocenters. The first-order valence-corrected chi connectivity index (χ1v) is 6.76. The molecule has 0 aromatic heterocycles. The Balaban J connectivity index is 2.10. The second kappa shape index (κ2) is 4.85. The average Bonchev–Trinajstić information content (AvgIpc) is 2.46. The van der Waals surface area contributed by atoms with E-state index in [-0.39, 0.29) is 0 Å².